The number of anilines is 1. The molecule has 0 aliphatic rings. The smallest absolute Gasteiger partial charge is 0.129 e. The molecule has 1 aromatic carbocycles. The largest absolute Gasteiger partial charge is 0.366 e. The molecule has 0 aliphatic carbocycles. The van der Waals surface area contributed by atoms with Gasteiger partial charge in [0.25, 0.3) is 0 Å². The summed E-state index contributed by atoms with van der Waals surface area (Å²) >= 11 is 0. The van der Waals surface area contributed by atoms with Crippen molar-refractivity contribution in [1.82, 2.24) is 9.97 Å². The topological polar surface area (TPSA) is 37.8 Å². The number of benzene rings is 1. The Balaban J connectivity index is 1.96. The van der Waals surface area contributed by atoms with Crippen LogP contribution in [0.25, 0.3) is 0 Å². The monoisotopic (exact) mass is 199 g/mol. The molecule has 76 valence electrons. The fourth-order valence-electron chi connectivity index (χ4n) is 1.29. The average molecular weight is 199 g/mol. The van der Waals surface area contributed by atoms with Crippen LogP contribution in [-0.2, 0) is 6.54 Å². The summed E-state index contributed by atoms with van der Waals surface area (Å²) in [6.45, 7) is 2.87. The summed E-state index contributed by atoms with van der Waals surface area (Å²) in [5.74, 6) is 0.852. The third-order valence-electron chi connectivity index (χ3n) is 2.18. The van der Waals surface area contributed by atoms with Crippen molar-refractivity contribution >= 4 is 5.82 Å². The molecule has 1 aromatic heterocycles. The lowest BCUT2D eigenvalue weighted by Crippen LogP contribution is -2.00. The van der Waals surface area contributed by atoms with Gasteiger partial charge < -0.3 is 5.32 Å². The molecule has 0 spiro atoms. The summed E-state index contributed by atoms with van der Waals surface area (Å²) in [6.07, 6.45) is 3.27. The number of hydrogen-bond donors (Lipinski definition) is 1. The molecule has 2 rings (SSSR count). The minimum atomic E-state index is 0.789. The maximum atomic E-state index is 4.09. The maximum absolute atomic E-state index is 4.09. The highest BCUT2D eigenvalue weighted by atomic mass is 15.0. The van der Waals surface area contributed by atoms with Crippen LogP contribution in [0.2, 0.25) is 0 Å². The Morgan fingerprint density at radius 2 is 1.93 bits per heavy atom. The van der Waals surface area contributed by atoms with Gasteiger partial charge in [-0.15, -0.1) is 0 Å². The van der Waals surface area contributed by atoms with Gasteiger partial charge in [-0.05, 0) is 18.6 Å². The zero-order chi connectivity index (χ0) is 10.5. The zero-order valence-electron chi connectivity index (χ0n) is 8.64. The SMILES string of the molecule is Cc1ccc(CNc2ccncn2)cc1. The van der Waals surface area contributed by atoms with Crippen molar-refractivity contribution in [2.45, 2.75) is 13.5 Å². The van der Waals surface area contributed by atoms with Crippen molar-refractivity contribution in [3.05, 3.63) is 54.0 Å². The minimum absolute atomic E-state index is 0.789. The van der Waals surface area contributed by atoms with Crippen LogP contribution in [0.5, 0.6) is 0 Å². The van der Waals surface area contributed by atoms with E-state index in [-0.39, 0.29) is 0 Å². The second-order valence-electron chi connectivity index (χ2n) is 3.43. The summed E-state index contributed by atoms with van der Waals surface area (Å²) < 4.78 is 0. The highest BCUT2D eigenvalue weighted by Gasteiger charge is 1.93. The van der Waals surface area contributed by atoms with Crippen molar-refractivity contribution < 1.29 is 0 Å². The van der Waals surface area contributed by atoms with E-state index in [2.05, 4.69) is 46.5 Å². The predicted octanol–water partition coefficient (Wildman–Crippen LogP) is 2.40. The molecule has 15 heavy (non-hydrogen) atoms. The van der Waals surface area contributed by atoms with Crippen LogP contribution in [0.15, 0.2) is 42.9 Å². The fourth-order valence-corrected chi connectivity index (χ4v) is 1.29. The molecule has 0 amide bonds. The number of rotatable bonds is 3. The second kappa shape index (κ2) is 4.55. The van der Waals surface area contributed by atoms with Crippen LogP contribution in [0.4, 0.5) is 5.82 Å². The first-order valence-corrected chi connectivity index (χ1v) is 4.90. The summed E-state index contributed by atoms with van der Waals surface area (Å²) in [6, 6.07) is 10.3. The van der Waals surface area contributed by atoms with Crippen molar-refractivity contribution in [3.63, 3.8) is 0 Å². The Hall–Kier alpha value is -1.90. The van der Waals surface area contributed by atoms with Crippen molar-refractivity contribution in [2.24, 2.45) is 0 Å². The molecule has 2 aromatic rings. The average Bonchev–Trinajstić information content (AvgIpc) is 2.30. The van der Waals surface area contributed by atoms with Crippen LogP contribution >= 0.6 is 0 Å². The van der Waals surface area contributed by atoms with E-state index in [0.29, 0.717) is 0 Å². The molecule has 0 atom stereocenters. The molecule has 0 aliphatic heterocycles. The first-order valence-electron chi connectivity index (χ1n) is 4.90. The van der Waals surface area contributed by atoms with Gasteiger partial charge in [-0.3, -0.25) is 0 Å². The van der Waals surface area contributed by atoms with E-state index in [1.165, 1.54) is 17.5 Å². The Bertz CT molecular complexity index is 409. The van der Waals surface area contributed by atoms with Gasteiger partial charge >= 0.3 is 0 Å². The number of nitrogens with one attached hydrogen (secondary N) is 1. The Kier molecular flexibility index (Phi) is 2.93. The van der Waals surface area contributed by atoms with Crippen LogP contribution in [0, 0.1) is 6.92 Å². The highest BCUT2D eigenvalue weighted by Crippen LogP contribution is 2.06. The van der Waals surface area contributed by atoms with Crippen molar-refractivity contribution in [2.75, 3.05) is 5.32 Å². The summed E-state index contributed by atoms with van der Waals surface area (Å²) in [5.41, 5.74) is 2.53. The number of nitrogens with zero attached hydrogens (tertiary/aromatic N) is 2. The van der Waals surface area contributed by atoms with E-state index < -0.39 is 0 Å². The molecule has 0 unspecified atom stereocenters. The molecule has 1 heterocycles. The standard InChI is InChI=1S/C12H13N3/c1-10-2-4-11(5-3-10)8-14-12-6-7-13-9-15-12/h2-7,9H,8H2,1H3,(H,13,14,15). The normalized spacial score (nSPS) is 9.93. The Labute approximate surface area is 89.2 Å². The molecular formula is C12H13N3. The van der Waals surface area contributed by atoms with Gasteiger partial charge in [-0.2, -0.15) is 0 Å². The van der Waals surface area contributed by atoms with E-state index in [1.807, 2.05) is 6.07 Å². The molecule has 3 nitrogen and oxygen atoms in total. The van der Waals surface area contributed by atoms with Crippen LogP contribution in [0.1, 0.15) is 11.1 Å². The van der Waals surface area contributed by atoms with E-state index in [4.69, 9.17) is 0 Å². The zero-order valence-corrected chi connectivity index (χ0v) is 8.64. The first-order chi connectivity index (χ1) is 7.34. The molecular weight excluding hydrogens is 186 g/mol. The lowest BCUT2D eigenvalue weighted by molar-refractivity contribution is 1.08. The number of hydrogen-bond acceptors (Lipinski definition) is 3. The van der Waals surface area contributed by atoms with E-state index in [9.17, 15) is 0 Å². The summed E-state index contributed by atoms with van der Waals surface area (Å²) in [4.78, 5) is 7.95. The van der Waals surface area contributed by atoms with Crippen molar-refractivity contribution in [1.29, 1.82) is 0 Å². The molecule has 0 fully saturated rings. The predicted molar refractivity (Wildman–Crippen MR) is 60.5 cm³/mol. The van der Waals surface area contributed by atoms with Gasteiger partial charge in [0.2, 0.25) is 0 Å². The minimum Gasteiger partial charge on any atom is -0.366 e. The molecule has 0 saturated carbocycles. The van der Waals surface area contributed by atoms with Gasteiger partial charge in [0, 0.05) is 12.7 Å². The Morgan fingerprint density at radius 1 is 1.13 bits per heavy atom. The quantitative estimate of drug-likeness (QED) is 0.824. The van der Waals surface area contributed by atoms with Crippen LogP contribution in [-0.4, -0.2) is 9.97 Å². The van der Waals surface area contributed by atoms with E-state index in [0.717, 1.165) is 12.4 Å². The third-order valence-corrected chi connectivity index (χ3v) is 2.18. The number of aryl methyl sites for hydroxylation is 1. The van der Waals surface area contributed by atoms with Crippen LogP contribution in [0.3, 0.4) is 0 Å². The highest BCUT2D eigenvalue weighted by molar-refractivity contribution is 5.33. The lowest BCUT2D eigenvalue weighted by atomic mass is 10.1. The molecule has 1 N–H and O–H groups in total. The molecule has 0 saturated heterocycles. The summed E-state index contributed by atoms with van der Waals surface area (Å²) in [7, 11) is 0. The number of aromatic nitrogens is 2. The second-order valence-corrected chi connectivity index (χ2v) is 3.43. The molecule has 3 heteroatoms. The van der Waals surface area contributed by atoms with Gasteiger partial charge in [-0.25, -0.2) is 9.97 Å². The summed E-state index contributed by atoms with van der Waals surface area (Å²) in [5, 5.41) is 3.23. The van der Waals surface area contributed by atoms with E-state index in [1.54, 1.807) is 6.20 Å². The van der Waals surface area contributed by atoms with Gasteiger partial charge in [0.15, 0.2) is 0 Å². The van der Waals surface area contributed by atoms with Gasteiger partial charge in [0.05, 0.1) is 0 Å². The maximum Gasteiger partial charge on any atom is 0.129 e. The van der Waals surface area contributed by atoms with Crippen LogP contribution < -0.4 is 5.32 Å². The third kappa shape index (κ3) is 2.77. The van der Waals surface area contributed by atoms with Crippen molar-refractivity contribution in [3.8, 4) is 0 Å². The van der Waals surface area contributed by atoms with E-state index >= 15 is 0 Å². The van der Waals surface area contributed by atoms with Gasteiger partial charge in [0.1, 0.15) is 12.1 Å². The fraction of sp³-hybridized carbons (Fsp3) is 0.167. The van der Waals surface area contributed by atoms with Gasteiger partial charge in [-0.1, -0.05) is 29.8 Å². The lowest BCUT2D eigenvalue weighted by Gasteiger charge is -2.04. The first kappa shape index (κ1) is 9.65. The Morgan fingerprint density at radius 3 is 2.60 bits per heavy atom. The molecule has 0 bridgehead atoms. The molecule has 0 radical (unpaired) electrons.